The highest BCUT2D eigenvalue weighted by atomic mass is 16.2. The molecule has 1 amide bonds. The van der Waals surface area contributed by atoms with Crippen LogP contribution in [0.25, 0.3) is 10.9 Å². The van der Waals surface area contributed by atoms with Gasteiger partial charge in [0.2, 0.25) is 5.91 Å². The van der Waals surface area contributed by atoms with E-state index in [9.17, 15) is 4.79 Å². The average Bonchev–Trinajstić information content (AvgIpc) is 3.11. The molecular formula is C20H22N2O. The van der Waals surface area contributed by atoms with E-state index >= 15 is 0 Å². The van der Waals surface area contributed by atoms with E-state index in [1.165, 1.54) is 10.9 Å². The molecule has 0 radical (unpaired) electrons. The van der Waals surface area contributed by atoms with Gasteiger partial charge < -0.3 is 9.47 Å². The number of carbonyl (C=O) groups excluding carboxylic acids is 1. The zero-order chi connectivity index (χ0) is 16.1. The second-order valence-corrected chi connectivity index (χ2v) is 5.92. The summed E-state index contributed by atoms with van der Waals surface area (Å²) in [5.41, 5.74) is 2.28. The molecule has 1 aromatic carbocycles. The minimum Gasteiger partial charge on any atom is -0.337 e. The molecule has 0 unspecified atom stereocenters. The Morgan fingerprint density at radius 1 is 1.30 bits per heavy atom. The number of likely N-dealkylation sites (tertiary alicyclic amines) is 1. The fraction of sp³-hybridized carbons (Fsp3) is 0.350. The van der Waals surface area contributed by atoms with Crippen LogP contribution in [0.3, 0.4) is 0 Å². The fourth-order valence-electron chi connectivity index (χ4n) is 2.90. The molecule has 0 spiro atoms. The maximum absolute atomic E-state index is 11.5. The van der Waals surface area contributed by atoms with Crippen molar-refractivity contribution in [2.45, 2.75) is 32.1 Å². The van der Waals surface area contributed by atoms with Crippen LogP contribution in [0, 0.1) is 11.8 Å². The third-order valence-corrected chi connectivity index (χ3v) is 4.24. The summed E-state index contributed by atoms with van der Waals surface area (Å²) in [6, 6.07) is 10.5. The molecule has 1 aliphatic rings. The molecule has 0 atom stereocenters. The van der Waals surface area contributed by atoms with Gasteiger partial charge in [0, 0.05) is 43.5 Å². The van der Waals surface area contributed by atoms with Crippen LogP contribution >= 0.6 is 0 Å². The highest BCUT2D eigenvalue weighted by Gasteiger charge is 2.16. The number of unbranched alkanes of at least 4 members (excludes halogenated alkanes) is 2. The molecule has 1 aliphatic heterocycles. The molecule has 1 saturated heterocycles. The van der Waals surface area contributed by atoms with Gasteiger partial charge in [0.1, 0.15) is 0 Å². The number of aryl methyl sites for hydroxylation is 1. The maximum atomic E-state index is 11.5. The molecule has 2 aromatic rings. The normalized spacial score (nSPS) is 14.7. The van der Waals surface area contributed by atoms with E-state index in [-0.39, 0.29) is 5.91 Å². The van der Waals surface area contributed by atoms with Crippen LogP contribution in [0.15, 0.2) is 42.6 Å². The number of para-hydroxylation sites is 1. The number of rotatable bonds is 4. The lowest BCUT2D eigenvalue weighted by Gasteiger charge is -2.07. The van der Waals surface area contributed by atoms with Gasteiger partial charge in [-0.1, -0.05) is 30.2 Å². The standard InChI is InChI=1S/C20H22N2O/c1-21-18(16-17-10-6-7-12-19(17)21)11-5-3-2-4-8-14-22-15-9-13-20(22)23/h6-8,10,12,14,16H,2-4,9,13,15H2,1H3/b14-8+. The van der Waals surface area contributed by atoms with E-state index in [1.54, 1.807) is 0 Å². The summed E-state index contributed by atoms with van der Waals surface area (Å²) in [5, 5.41) is 1.23. The monoisotopic (exact) mass is 306 g/mol. The van der Waals surface area contributed by atoms with Crippen molar-refractivity contribution in [1.29, 1.82) is 0 Å². The van der Waals surface area contributed by atoms with Gasteiger partial charge in [0.15, 0.2) is 0 Å². The van der Waals surface area contributed by atoms with Crippen LogP contribution in [0.4, 0.5) is 0 Å². The number of hydrogen-bond acceptors (Lipinski definition) is 1. The zero-order valence-corrected chi connectivity index (χ0v) is 13.6. The minimum atomic E-state index is 0.247. The summed E-state index contributed by atoms with van der Waals surface area (Å²) in [6.07, 6.45) is 8.57. The first-order chi connectivity index (χ1) is 11.3. The van der Waals surface area contributed by atoms with Crippen LogP contribution in [0.2, 0.25) is 0 Å². The van der Waals surface area contributed by atoms with Crippen molar-refractivity contribution in [1.82, 2.24) is 9.47 Å². The summed E-state index contributed by atoms with van der Waals surface area (Å²) in [6.45, 7) is 0.871. The molecule has 0 aliphatic carbocycles. The second-order valence-electron chi connectivity index (χ2n) is 5.92. The third-order valence-electron chi connectivity index (χ3n) is 4.24. The lowest BCUT2D eigenvalue weighted by atomic mass is 10.2. The predicted octanol–water partition coefficient (Wildman–Crippen LogP) is 3.84. The minimum absolute atomic E-state index is 0.247. The van der Waals surface area contributed by atoms with E-state index in [1.807, 2.05) is 11.1 Å². The first-order valence-electron chi connectivity index (χ1n) is 8.25. The lowest BCUT2D eigenvalue weighted by molar-refractivity contribution is -0.125. The molecule has 2 heterocycles. The van der Waals surface area contributed by atoms with Gasteiger partial charge in [-0.15, -0.1) is 0 Å². The number of hydrogen-bond donors (Lipinski definition) is 0. The summed E-state index contributed by atoms with van der Waals surface area (Å²) < 4.78 is 2.14. The first-order valence-corrected chi connectivity index (χ1v) is 8.25. The van der Waals surface area contributed by atoms with Crippen molar-refractivity contribution in [3.63, 3.8) is 0 Å². The van der Waals surface area contributed by atoms with E-state index in [0.717, 1.165) is 37.9 Å². The van der Waals surface area contributed by atoms with Gasteiger partial charge in [-0.2, -0.15) is 0 Å². The van der Waals surface area contributed by atoms with Gasteiger partial charge in [-0.05, 0) is 37.3 Å². The van der Waals surface area contributed by atoms with E-state index in [4.69, 9.17) is 0 Å². The lowest BCUT2D eigenvalue weighted by Crippen LogP contribution is -2.17. The van der Waals surface area contributed by atoms with Crippen LogP contribution in [0.5, 0.6) is 0 Å². The zero-order valence-electron chi connectivity index (χ0n) is 13.6. The van der Waals surface area contributed by atoms with Crippen LogP contribution < -0.4 is 0 Å². The molecule has 0 saturated carbocycles. The van der Waals surface area contributed by atoms with Crippen molar-refractivity contribution in [3.8, 4) is 11.8 Å². The van der Waals surface area contributed by atoms with Crippen LogP contribution in [-0.2, 0) is 11.8 Å². The summed E-state index contributed by atoms with van der Waals surface area (Å²) >= 11 is 0. The number of benzene rings is 1. The smallest absolute Gasteiger partial charge is 0.226 e. The number of amides is 1. The molecular weight excluding hydrogens is 284 g/mol. The van der Waals surface area contributed by atoms with Crippen molar-refractivity contribution in [2.24, 2.45) is 7.05 Å². The molecule has 0 bridgehead atoms. The molecule has 0 N–H and O–H groups in total. The van der Waals surface area contributed by atoms with Gasteiger partial charge in [-0.3, -0.25) is 4.79 Å². The Labute approximate surface area is 137 Å². The number of aromatic nitrogens is 1. The second kappa shape index (κ2) is 7.19. The number of allylic oxidation sites excluding steroid dienone is 1. The SMILES string of the molecule is Cn1c(C#CCCC/C=C/N2CCCC2=O)cc2ccccc21. The number of fused-ring (bicyclic) bond motifs is 1. The highest BCUT2D eigenvalue weighted by Crippen LogP contribution is 2.17. The molecule has 23 heavy (non-hydrogen) atoms. The van der Waals surface area contributed by atoms with Crippen LogP contribution in [0.1, 0.15) is 37.8 Å². The largest absolute Gasteiger partial charge is 0.337 e. The van der Waals surface area contributed by atoms with E-state index in [0.29, 0.717) is 6.42 Å². The van der Waals surface area contributed by atoms with E-state index < -0.39 is 0 Å². The highest BCUT2D eigenvalue weighted by molar-refractivity contribution is 5.82. The summed E-state index contributed by atoms with van der Waals surface area (Å²) in [5.74, 6) is 6.77. The van der Waals surface area contributed by atoms with E-state index in [2.05, 4.69) is 59.9 Å². The molecule has 3 heteroatoms. The van der Waals surface area contributed by atoms with Gasteiger partial charge in [0.25, 0.3) is 0 Å². The Balaban J connectivity index is 1.49. The van der Waals surface area contributed by atoms with Crippen molar-refractivity contribution >= 4 is 16.8 Å². The van der Waals surface area contributed by atoms with Gasteiger partial charge in [-0.25, -0.2) is 0 Å². The Hall–Kier alpha value is -2.47. The Morgan fingerprint density at radius 3 is 2.96 bits per heavy atom. The molecule has 3 rings (SSSR count). The van der Waals surface area contributed by atoms with Crippen molar-refractivity contribution in [2.75, 3.05) is 6.54 Å². The third kappa shape index (κ3) is 3.65. The Bertz CT molecular complexity index is 789. The predicted molar refractivity (Wildman–Crippen MR) is 93.7 cm³/mol. The Kier molecular flexibility index (Phi) is 4.83. The van der Waals surface area contributed by atoms with Crippen molar-refractivity contribution in [3.05, 3.63) is 48.3 Å². The van der Waals surface area contributed by atoms with Crippen molar-refractivity contribution < 1.29 is 4.79 Å². The molecule has 118 valence electrons. The van der Waals surface area contributed by atoms with Crippen LogP contribution in [-0.4, -0.2) is 21.9 Å². The number of carbonyl (C=O) groups is 1. The Morgan fingerprint density at radius 2 is 2.17 bits per heavy atom. The van der Waals surface area contributed by atoms with Gasteiger partial charge >= 0.3 is 0 Å². The summed E-state index contributed by atoms with van der Waals surface area (Å²) in [4.78, 5) is 13.3. The quantitative estimate of drug-likeness (QED) is 0.622. The molecule has 3 nitrogen and oxygen atoms in total. The maximum Gasteiger partial charge on any atom is 0.226 e. The molecule has 1 fully saturated rings. The van der Waals surface area contributed by atoms with Gasteiger partial charge in [0.05, 0.1) is 5.69 Å². The summed E-state index contributed by atoms with van der Waals surface area (Å²) in [7, 11) is 2.06. The topological polar surface area (TPSA) is 25.2 Å². The first kappa shape index (κ1) is 15.4. The fourth-order valence-corrected chi connectivity index (χ4v) is 2.90. The average molecular weight is 306 g/mol. The molecule has 1 aromatic heterocycles. The number of nitrogens with zero attached hydrogens (tertiary/aromatic N) is 2.